The van der Waals surface area contributed by atoms with E-state index in [1.54, 1.807) is 0 Å². The van der Waals surface area contributed by atoms with Crippen LogP contribution in [0.5, 0.6) is 0 Å². The highest BCUT2D eigenvalue weighted by Crippen LogP contribution is 2.13. The van der Waals surface area contributed by atoms with Crippen LogP contribution >= 0.6 is 22.6 Å². The standard InChI is InChI=1S/C23H38INO/c1-2-3-4-5-6-7-8-9-10-11-12-13-14-17-20-25-23(26)21-18-15-16-19-22(21)24/h15-16,18-19H,2-14,17,20H2,1H3,(H,25,26). The maximum absolute atomic E-state index is 12.1. The molecule has 2 nitrogen and oxygen atoms in total. The van der Waals surface area contributed by atoms with Crippen molar-refractivity contribution in [3.8, 4) is 0 Å². The molecular weight excluding hydrogens is 433 g/mol. The second-order valence-corrected chi connectivity index (χ2v) is 8.49. The summed E-state index contributed by atoms with van der Waals surface area (Å²) in [5.41, 5.74) is 0.790. The van der Waals surface area contributed by atoms with E-state index in [1.165, 1.54) is 83.5 Å². The van der Waals surface area contributed by atoms with Crippen molar-refractivity contribution >= 4 is 28.5 Å². The van der Waals surface area contributed by atoms with Crippen LogP contribution in [0, 0.1) is 3.57 Å². The molecule has 3 heteroatoms. The lowest BCUT2D eigenvalue weighted by atomic mass is 10.0. The van der Waals surface area contributed by atoms with E-state index in [1.807, 2.05) is 24.3 Å². The van der Waals surface area contributed by atoms with E-state index >= 15 is 0 Å². The van der Waals surface area contributed by atoms with Gasteiger partial charge in [0.05, 0.1) is 5.56 Å². The lowest BCUT2D eigenvalue weighted by molar-refractivity contribution is 0.0952. The summed E-state index contributed by atoms with van der Waals surface area (Å²) in [6.07, 6.45) is 19.1. The molecule has 0 fully saturated rings. The topological polar surface area (TPSA) is 29.1 Å². The molecule has 0 heterocycles. The molecular formula is C23H38INO. The van der Waals surface area contributed by atoms with Gasteiger partial charge in [-0.2, -0.15) is 0 Å². The number of nitrogens with one attached hydrogen (secondary N) is 1. The molecule has 0 saturated heterocycles. The van der Waals surface area contributed by atoms with E-state index in [4.69, 9.17) is 0 Å². The van der Waals surface area contributed by atoms with E-state index < -0.39 is 0 Å². The Kier molecular flexibility index (Phi) is 15.0. The minimum atomic E-state index is 0.0599. The molecule has 1 aromatic carbocycles. The first kappa shape index (κ1) is 23.5. The number of halogens is 1. The average Bonchev–Trinajstić information content (AvgIpc) is 2.65. The predicted molar refractivity (Wildman–Crippen MR) is 122 cm³/mol. The molecule has 1 N–H and O–H groups in total. The molecule has 1 rings (SSSR count). The summed E-state index contributed by atoms with van der Waals surface area (Å²) in [5, 5.41) is 3.04. The fraction of sp³-hybridized carbons (Fsp3) is 0.696. The molecule has 148 valence electrons. The van der Waals surface area contributed by atoms with E-state index in [-0.39, 0.29) is 5.91 Å². The minimum Gasteiger partial charge on any atom is -0.352 e. The Morgan fingerprint density at radius 1 is 0.769 bits per heavy atom. The van der Waals surface area contributed by atoms with Gasteiger partial charge in [0.25, 0.3) is 5.91 Å². The molecule has 0 bridgehead atoms. The Morgan fingerprint density at radius 2 is 1.23 bits per heavy atom. The first-order chi connectivity index (χ1) is 12.8. The van der Waals surface area contributed by atoms with E-state index in [2.05, 4.69) is 34.8 Å². The predicted octanol–water partition coefficient (Wildman–Crippen LogP) is 7.50. The van der Waals surface area contributed by atoms with Crippen molar-refractivity contribution in [2.24, 2.45) is 0 Å². The molecule has 0 radical (unpaired) electrons. The molecule has 0 aromatic heterocycles. The minimum absolute atomic E-state index is 0.0599. The summed E-state index contributed by atoms with van der Waals surface area (Å²) in [6, 6.07) is 7.75. The van der Waals surface area contributed by atoms with Crippen molar-refractivity contribution in [1.29, 1.82) is 0 Å². The van der Waals surface area contributed by atoms with Crippen molar-refractivity contribution in [3.05, 3.63) is 33.4 Å². The van der Waals surface area contributed by atoms with Crippen LogP contribution < -0.4 is 5.32 Å². The molecule has 0 aliphatic heterocycles. The molecule has 0 unspecified atom stereocenters. The summed E-state index contributed by atoms with van der Waals surface area (Å²) >= 11 is 2.22. The van der Waals surface area contributed by atoms with Crippen LogP contribution in [0.15, 0.2) is 24.3 Å². The largest absolute Gasteiger partial charge is 0.352 e. The zero-order valence-electron chi connectivity index (χ0n) is 16.7. The third-order valence-corrected chi connectivity index (χ3v) is 5.88. The number of hydrogen-bond acceptors (Lipinski definition) is 1. The van der Waals surface area contributed by atoms with Crippen LogP contribution in [0.4, 0.5) is 0 Å². The fourth-order valence-corrected chi connectivity index (χ4v) is 3.89. The summed E-state index contributed by atoms with van der Waals surface area (Å²) in [4.78, 5) is 12.1. The zero-order chi connectivity index (χ0) is 18.9. The molecule has 26 heavy (non-hydrogen) atoms. The van der Waals surface area contributed by atoms with Gasteiger partial charge in [-0.15, -0.1) is 0 Å². The van der Waals surface area contributed by atoms with Crippen LogP contribution in [-0.2, 0) is 0 Å². The van der Waals surface area contributed by atoms with Gasteiger partial charge in [-0.1, -0.05) is 103 Å². The normalized spacial score (nSPS) is 10.8. The van der Waals surface area contributed by atoms with Crippen molar-refractivity contribution in [2.75, 3.05) is 6.54 Å². The Balaban J connectivity index is 1.84. The van der Waals surface area contributed by atoms with Gasteiger partial charge in [-0.25, -0.2) is 0 Å². The van der Waals surface area contributed by atoms with Gasteiger partial charge in [0.15, 0.2) is 0 Å². The van der Waals surface area contributed by atoms with Crippen molar-refractivity contribution in [3.63, 3.8) is 0 Å². The summed E-state index contributed by atoms with van der Waals surface area (Å²) in [5.74, 6) is 0.0599. The highest BCUT2D eigenvalue weighted by atomic mass is 127. The maximum Gasteiger partial charge on any atom is 0.252 e. The van der Waals surface area contributed by atoms with Gasteiger partial charge in [0.2, 0.25) is 0 Å². The summed E-state index contributed by atoms with van der Waals surface area (Å²) in [6.45, 7) is 3.07. The van der Waals surface area contributed by atoms with E-state index in [9.17, 15) is 4.79 Å². The van der Waals surface area contributed by atoms with Gasteiger partial charge >= 0.3 is 0 Å². The SMILES string of the molecule is CCCCCCCCCCCCCCCCNC(=O)c1ccccc1I. The Hall–Kier alpha value is -0.580. The smallest absolute Gasteiger partial charge is 0.252 e. The third-order valence-electron chi connectivity index (χ3n) is 4.93. The number of rotatable bonds is 16. The monoisotopic (exact) mass is 471 g/mol. The number of hydrogen-bond donors (Lipinski definition) is 1. The third kappa shape index (κ3) is 11.9. The fourth-order valence-electron chi connectivity index (χ4n) is 3.26. The molecule has 0 aliphatic carbocycles. The lowest BCUT2D eigenvalue weighted by Gasteiger charge is -2.07. The highest BCUT2D eigenvalue weighted by molar-refractivity contribution is 14.1. The lowest BCUT2D eigenvalue weighted by Crippen LogP contribution is -2.25. The Labute approximate surface area is 175 Å². The zero-order valence-corrected chi connectivity index (χ0v) is 18.9. The Morgan fingerprint density at radius 3 is 1.73 bits per heavy atom. The first-order valence-corrected chi connectivity index (χ1v) is 11.9. The number of unbranched alkanes of at least 4 members (excludes halogenated alkanes) is 13. The number of carbonyl (C=O) groups is 1. The van der Waals surface area contributed by atoms with Gasteiger partial charge in [0.1, 0.15) is 0 Å². The van der Waals surface area contributed by atoms with Gasteiger partial charge in [-0.3, -0.25) is 4.79 Å². The quantitative estimate of drug-likeness (QED) is 0.196. The second-order valence-electron chi connectivity index (χ2n) is 7.33. The van der Waals surface area contributed by atoms with Crippen LogP contribution in [0.25, 0.3) is 0 Å². The van der Waals surface area contributed by atoms with Crippen molar-refractivity contribution < 1.29 is 4.79 Å². The number of benzene rings is 1. The van der Waals surface area contributed by atoms with Gasteiger partial charge in [0, 0.05) is 10.1 Å². The van der Waals surface area contributed by atoms with Crippen LogP contribution in [0.3, 0.4) is 0 Å². The maximum atomic E-state index is 12.1. The number of carbonyl (C=O) groups excluding carboxylic acids is 1. The number of amides is 1. The van der Waals surface area contributed by atoms with Crippen LogP contribution in [-0.4, -0.2) is 12.5 Å². The highest BCUT2D eigenvalue weighted by Gasteiger charge is 2.07. The van der Waals surface area contributed by atoms with E-state index in [0.29, 0.717) is 0 Å². The summed E-state index contributed by atoms with van der Waals surface area (Å²) in [7, 11) is 0. The van der Waals surface area contributed by atoms with Crippen LogP contribution in [0.2, 0.25) is 0 Å². The Bertz CT molecular complexity index is 475. The molecule has 0 atom stereocenters. The molecule has 1 amide bonds. The second kappa shape index (κ2) is 16.6. The first-order valence-electron chi connectivity index (χ1n) is 10.8. The summed E-state index contributed by atoms with van der Waals surface area (Å²) < 4.78 is 1.02. The van der Waals surface area contributed by atoms with Gasteiger partial charge in [-0.05, 0) is 41.1 Å². The van der Waals surface area contributed by atoms with Crippen molar-refractivity contribution in [1.82, 2.24) is 5.32 Å². The van der Waals surface area contributed by atoms with Crippen LogP contribution in [0.1, 0.15) is 107 Å². The van der Waals surface area contributed by atoms with Crippen molar-refractivity contribution in [2.45, 2.75) is 96.8 Å². The molecule has 0 aliphatic rings. The molecule has 0 saturated carbocycles. The molecule has 1 aromatic rings. The average molecular weight is 471 g/mol. The molecule has 0 spiro atoms. The van der Waals surface area contributed by atoms with Gasteiger partial charge < -0.3 is 5.32 Å². The van der Waals surface area contributed by atoms with E-state index in [0.717, 1.165) is 22.1 Å².